The molecule has 0 saturated heterocycles. The van der Waals surface area contributed by atoms with E-state index in [1.165, 1.54) is 6.92 Å². The van der Waals surface area contributed by atoms with E-state index in [1.54, 1.807) is 0 Å². The van der Waals surface area contributed by atoms with Crippen molar-refractivity contribution in [2.24, 2.45) is 0 Å². The van der Waals surface area contributed by atoms with Crippen LogP contribution in [0.25, 0.3) is 0 Å². The zero-order chi connectivity index (χ0) is 14.1. The standard InChI is InChI=1S/C8H9N3O6S/c1-2-18(16,17)7-4-5(10(12)13)3-6(8(7)9)11(14)15/h3-4H,2,9H2,1H3. The van der Waals surface area contributed by atoms with Crippen LogP contribution in [0.4, 0.5) is 17.1 Å². The summed E-state index contributed by atoms with van der Waals surface area (Å²) in [4.78, 5) is 18.8. The molecule has 0 bridgehead atoms. The zero-order valence-electron chi connectivity index (χ0n) is 9.19. The lowest BCUT2D eigenvalue weighted by Gasteiger charge is -2.05. The average Bonchev–Trinajstić information content (AvgIpc) is 2.28. The smallest absolute Gasteiger partial charge is 0.300 e. The lowest BCUT2D eigenvalue weighted by molar-refractivity contribution is -0.393. The summed E-state index contributed by atoms with van der Waals surface area (Å²) in [6, 6.07) is 1.35. The molecule has 0 aromatic heterocycles. The molecular weight excluding hydrogens is 266 g/mol. The Morgan fingerprint density at radius 2 is 1.78 bits per heavy atom. The molecule has 0 unspecified atom stereocenters. The van der Waals surface area contributed by atoms with E-state index in [0.29, 0.717) is 6.07 Å². The number of rotatable bonds is 4. The Morgan fingerprint density at radius 1 is 1.22 bits per heavy atom. The normalized spacial score (nSPS) is 11.2. The minimum atomic E-state index is -3.87. The second-order valence-corrected chi connectivity index (χ2v) is 5.54. The van der Waals surface area contributed by atoms with Crippen molar-refractivity contribution in [3.8, 4) is 0 Å². The third kappa shape index (κ3) is 2.37. The maximum absolute atomic E-state index is 11.6. The number of hydrogen-bond acceptors (Lipinski definition) is 7. The van der Waals surface area contributed by atoms with Gasteiger partial charge in [-0.25, -0.2) is 8.42 Å². The number of benzene rings is 1. The van der Waals surface area contributed by atoms with Crippen LogP contribution in [-0.4, -0.2) is 24.0 Å². The summed E-state index contributed by atoms with van der Waals surface area (Å²) in [5.74, 6) is -0.366. The molecule has 1 aromatic carbocycles. The molecule has 2 N–H and O–H groups in total. The predicted molar refractivity (Wildman–Crippen MR) is 61.9 cm³/mol. The van der Waals surface area contributed by atoms with Crippen LogP contribution < -0.4 is 5.73 Å². The summed E-state index contributed by atoms with van der Waals surface area (Å²) in [7, 11) is -3.87. The summed E-state index contributed by atoms with van der Waals surface area (Å²) < 4.78 is 23.3. The molecular formula is C8H9N3O6S. The molecule has 0 heterocycles. The van der Waals surface area contributed by atoms with E-state index in [1.807, 2.05) is 0 Å². The van der Waals surface area contributed by atoms with Gasteiger partial charge in [-0.1, -0.05) is 6.92 Å². The first-order valence-electron chi connectivity index (χ1n) is 4.65. The van der Waals surface area contributed by atoms with E-state index in [9.17, 15) is 28.6 Å². The van der Waals surface area contributed by atoms with Gasteiger partial charge in [0.1, 0.15) is 10.6 Å². The number of sulfone groups is 1. The largest absolute Gasteiger partial charge is 0.392 e. The number of hydrogen-bond donors (Lipinski definition) is 1. The van der Waals surface area contributed by atoms with Crippen LogP contribution in [0.5, 0.6) is 0 Å². The van der Waals surface area contributed by atoms with E-state index in [4.69, 9.17) is 5.73 Å². The van der Waals surface area contributed by atoms with Gasteiger partial charge in [0.05, 0.1) is 21.7 Å². The second-order valence-electron chi connectivity index (χ2n) is 3.29. The van der Waals surface area contributed by atoms with Gasteiger partial charge in [0, 0.05) is 6.07 Å². The van der Waals surface area contributed by atoms with E-state index in [0.717, 1.165) is 6.07 Å². The van der Waals surface area contributed by atoms with E-state index < -0.39 is 41.6 Å². The molecule has 10 heteroatoms. The van der Waals surface area contributed by atoms with Crippen LogP contribution in [0.3, 0.4) is 0 Å². The maximum Gasteiger partial charge on any atom is 0.300 e. The van der Waals surface area contributed by atoms with E-state index in [2.05, 4.69) is 0 Å². The monoisotopic (exact) mass is 275 g/mol. The maximum atomic E-state index is 11.6. The van der Waals surface area contributed by atoms with Gasteiger partial charge in [0.25, 0.3) is 11.4 Å². The number of nitrogens with zero attached hydrogens (tertiary/aromatic N) is 2. The van der Waals surface area contributed by atoms with Crippen molar-refractivity contribution in [3.63, 3.8) is 0 Å². The number of nitro benzene ring substituents is 2. The summed E-state index contributed by atoms with van der Waals surface area (Å²) in [6.07, 6.45) is 0. The molecule has 9 nitrogen and oxygen atoms in total. The van der Waals surface area contributed by atoms with Crippen molar-refractivity contribution >= 4 is 26.9 Å². The van der Waals surface area contributed by atoms with Crippen LogP contribution in [-0.2, 0) is 9.84 Å². The molecule has 0 aliphatic carbocycles. The average molecular weight is 275 g/mol. The van der Waals surface area contributed by atoms with Crippen LogP contribution >= 0.6 is 0 Å². The zero-order valence-corrected chi connectivity index (χ0v) is 10.0. The quantitative estimate of drug-likeness (QED) is 0.487. The molecule has 0 fully saturated rings. The van der Waals surface area contributed by atoms with Crippen molar-refractivity contribution in [3.05, 3.63) is 32.4 Å². The first-order chi connectivity index (χ1) is 8.20. The van der Waals surface area contributed by atoms with Gasteiger partial charge < -0.3 is 5.73 Å². The summed E-state index contributed by atoms with van der Waals surface area (Å²) in [6.45, 7) is 1.31. The number of nitrogen functional groups attached to an aromatic ring is 1. The first-order valence-corrected chi connectivity index (χ1v) is 6.31. The molecule has 0 aliphatic heterocycles. The van der Waals surface area contributed by atoms with Crippen LogP contribution in [0.15, 0.2) is 17.0 Å². The molecule has 0 aliphatic rings. The Kier molecular flexibility index (Phi) is 3.51. The fourth-order valence-electron chi connectivity index (χ4n) is 1.27. The SMILES string of the molecule is CCS(=O)(=O)c1cc([N+](=O)[O-])cc([N+](=O)[O-])c1N. The number of nitrogens with two attached hydrogens (primary N) is 1. The third-order valence-corrected chi connectivity index (χ3v) is 4.00. The van der Waals surface area contributed by atoms with Crippen LogP contribution in [0, 0.1) is 20.2 Å². The van der Waals surface area contributed by atoms with Crippen molar-refractivity contribution in [2.45, 2.75) is 11.8 Å². The fourth-order valence-corrected chi connectivity index (χ4v) is 2.32. The van der Waals surface area contributed by atoms with Crippen LogP contribution in [0.2, 0.25) is 0 Å². The Balaban J connectivity index is 3.72. The molecule has 0 atom stereocenters. The van der Waals surface area contributed by atoms with Gasteiger partial charge in [-0.05, 0) is 0 Å². The highest BCUT2D eigenvalue weighted by molar-refractivity contribution is 7.91. The Hall–Kier alpha value is -2.23. The molecule has 18 heavy (non-hydrogen) atoms. The lowest BCUT2D eigenvalue weighted by Crippen LogP contribution is -2.10. The van der Waals surface area contributed by atoms with Gasteiger partial charge in [0.2, 0.25) is 0 Å². The van der Waals surface area contributed by atoms with Crippen molar-refractivity contribution < 1.29 is 18.3 Å². The number of anilines is 1. The summed E-state index contributed by atoms with van der Waals surface area (Å²) >= 11 is 0. The molecule has 0 radical (unpaired) electrons. The predicted octanol–water partition coefficient (Wildman–Crippen LogP) is 0.879. The molecule has 0 amide bonds. The van der Waals surface area contributed by atoms with Gasteiger partial charge in [-0.3, -0.25) is 20.2 Å². The van der Waals surface area contributed by atoms with Crippen molar-refractivity contribution in [1.29, 1.82) is 0 Å². The van der Waals surface area contributed by atoms with E-state index >= 15 is 0 Å². The molecule has 98 valence electrons. The topological polar surface area (TPSA) is 146 Å². The summed E-state index contributed by atoms with van der Waals surface area (Å²) in [5, 5.41) is 21.3. The minimum Gasteiger partial charge on any atom is -0.392 e. The Labute approximate surface area is 101 Å². The lowest BCUT2D eigenvalue weighted by atomic mass is 10.2. The molecule has 0 spiro atoms. The minimum absolute atomic E-state index is 0.366. The molecule has 1 aromatic rings. The van der Waals surface area contributed by atoms with Crippen molar-refractivity contribution in [2.75, 3.05) is 11.5 Å². The first kappa shape index (κ1) is 13.8. The highest BCUT2D eigenvalue weighted by Crippen LogP contribution is 2.34. The Bertz CT molecular complexity index is 624. The number of nitro groups is 2. The van der Waals surface area contributed by atoms with Gasteiger partial charge in [-0.2, -0.15) is 0 Å². The van der Waals surface area contributed by atoms with Gasteiger partial charge in [0.15, 0.2) is 9.84 Å². The highest BCUT2D eigenvalue weighted by atomic mass is 32.2. The fraction of sp³-hybridized carbons (Fsp3) is 0.250. The third-order valence-electron chi connectivity index (χ3n) is 2.23. The van der Waals surface area contributed by atoms with Gasteiger partial charge in [-0.15, -0.1) is 0 Å². The second kappa shape index (κ2) is 4.56. The van der Waals surface area contributed by atoms with Gasteiger partial charge >= 0.3 is 0 Å². The van der Waals surface area contributed by atoms with E-state index in [-0.39, 0.29) is 5.75 Å². The molecule has 1 rings (SSSR count). The Morgan fingerprint density at radius 3 is 2.17 bits per heavy atom. The highest BCUT2D eigenvalue weighted by Gasteiger charge is 2.27. The molecule has 0 saturated carbocycles. The van der Waals surface area contributed by atoms with Crippen molar-refractivity contribution in [1.82, 2.24) is 0 Å². The summed E-state index contributed by atoms with van der Waals surface area (Å²) in [5.41, 5.74) is 3.29. The number of non-ortho nitro benzene ring substituents is 1. The van der Waals surface area contributed by atoms with Crippen LogP contribution in [0.1, 0.15) is 6.92 Å².